The summed E-state index contributed by atoms with van der Waals surface area (Å²) in [5, 5.41) is 9.11. The molecule has 1 unspecified atom stereocenters. The van der Waals surface area contributed by atoms with Gasteiger partial charge in [-0.05, 0) is 42.9 Å². The molecule has 1 atom stereocenters. The summed E-state index contributed by atoms with van der Waals surface area (Å²) in [6.45, 7) is 10.3. The molecule has 5 heteroatoms. The molecule has 1 aliphatic carbocycles. The average molecular weight is 386 g/mol. The van der Waals surface area contributed by atoms with Gasteiger partial charge in [0.25, 0.3) is 0 Å². The van der Waals surface area contributed by atoms with Crippen LogP contribution in [0.3, 0.4) is 0 Å². The Balaban J connectivity index is 1.35. The summed E-state index contributed by atoms with van der Waals surface area (Å²) in [6, 6.07) is 6.79. The lowest BCUT2D eigenvalue weighted by Crippen LogP contribution is -2.46. The number of ether oxygens (including phenoxy) is 1. The van der Waals surface area contributed by atoms with Crippen molar-refractivity contribution in [1.29, 1.82) is 0 Å². The van der Waals surface area contributed by atoms with Gasteiger partial charge < -0.3 is 9.84 Å². The normalized spacial score (nSPS) is 24.5. The predicted molar refractivity (Wildman–Crippen MR) is 112 cm³/mol. The molecule has 0 radical (unpaired) electrons. The summed E-state index contributed by atoms with van der Waals surface area (Å²) in [6.07, 6.45) is 8.47. The molecule has 3 aliphatic rings. The molecule has 0 spiro atoms. The van der Waals surface area contributed by atoms with Crippen LogP contribution in [0.2, 0.25) is 0 Å². The highest BCUT2D eigenvalue weighted by Gasteiger charge is 2.21. The van der Waals surface area contributed by atoms with Gasteiger partial charge in [-0.15, -0.1) is 0 Å². The zero-order valence-electron chi connectivity index (χ0n) is 17.1. The number of piperazine rings is 1. The van der Waals surface area contributed by atoms with Crippen LogP contribution in [-0.4, -0.2) is 78.8 Å². The van der Waals surface area contributed by atoms with Crippen molar-refractivity contribution in [3.8, 4) is 5.75 Å². The van der Waals surface area contributed by atoms with E-state index in [9.17, 15) is 0 Å². The van der Waals surface area contributed by atoms with E-state index in [0.717, 1.165) is 70.6 Å². The van der Waals surface area contributed by atoms with Crippen LogP contribution in [0.1, 0.15) is 30.4 Å². The number of rotatable bonds is 6. The van der Waals surface area contributed by atoms with E-state index in [4.69, 9.17) is 9.84 Å². The third-order valence-electron chi connectivity index (χ3n) is 6.37. The zero-order chi connectivity index (χ0) is 19.2. The van der Waals surface area contributed by atoms with Crippen LogP contribution in [-0.2, 0) is 13.1 Å². The molecule has 0 amide bonds. The fraction of sp³-hybridized carbons (Fsp3) is 0.652. The van der Waals surface area contributed by atoms with Gasteiger partial charge in [0.1, 0.15) is 12.4 Å². The van der Waals surface area contributed by atoms with E-state index < -0.39 is 0 Å². The SMILES string of the molecule is OCCN1CCN(Cc2ccc3c(c2)CN(CC2CC=CCC2)CCO3)CC1. The third kappa shape index (κ3) is 5.35. The van der Waals surface area contributed by atoms with Crippen molar-refractivity contribution in [2.45, 2.75) is 32.4 Å². The number of β-amino-alcohol motifs (C(OH)–C–C–N with tert-alkyl or cyclic N) is 1. The topological polar surface area (TPSA) is 39.2 Å². The van der Waals surface area contributed by atoms with Crippen molar-refractivity contribution in [1.82, 2.24) is 14.7 Å². The number of aliphatic hydroxyl groups is 1. The molecule has 1 saturated heterocycles. The lowest BCUT2D eigenvalue weighted by molar-refractivity contribution is 0.108. The number of fused-ring (bicyclic) bond motifs is 1. The van der Waals surface area contributed by atoms with E-state index in [0.29, 0.717) is 0 Å². The molecule has 5 nitrogen and oxygen atoms in total. The highest BCUT2D eigenvalue weighted by Crippen LogP contribution is 2.27. The quantitative estimate of drug-likeness (QED) is 0.761. The van der Waals surface area contributed by atoms with Gasteiger partial charge in [0.2, 0.25) is 0 Å². The highest BCUT2D eigenvalue weighted by molar-refractivity contribution is 5.38. The smallest absolute Gasteiger partial charge is 0.123 e. The number of allylic oxidation sites excluding steroid dienone is 2. The summed E-state index contributed by atoms with van der Waals surface area (Å²) in [4.78, 5) is 7.46. The van der Waals surface area contributed by atoms with Crippen molar-refractivity contribution in [2.24, 2.45) is 5.92 Å². The zero-order valence-corrected chi connectivity index (χ0v) is 17.1. The Morgan fingerprint density at radius 3 is 2.64 bits per heavy atom. The molecule has 0 aromatic heterocycles. The van der Waals surface area contributed by atoms with Crippen LogP contribution >= 0.6 is 0 Å². The minimum Gasteiger partial charge on any atom is -0.492 e. The lowest BCUT2D eigenvalue weighted by Gasteiger charge is -2.34. The molecule has 1 fully saturated rings. The van der Waals surface area contributed by atoms with Crippen LogP contribution < -0.4 is 4.74 Å². The van der Waals surface area contributed by atoms with Crippen molar-refractivity contribution in [3.63, 3.8) is 0 Å². The highest BCUT2D eigenvalue weighted by atomic mass is 16.5. The van der Waals surface area contributed by atoms with Gasteiger partial charge in [0, 0.05) is 64.5 Å². The second-order valence-electron chi connectivity index (χ2n) is 8.52. The second kappa shape index (κ2) is 9.88. The Labute approximate surface area is 169 Å². The molecule has 2 aliphatic heterocycles. The number of benzene rings is 1. The molecule has 2 heterocycles. The molecule has 0 bridgehead atoms. The van der Waals surface area contributed by atoms with Gasteiger partial charge in [-0.3, -0.25) is 14.7 Å². The van der Waals surface area contributed by atoms with Crippen LogP contribution in [0, 0.1) is 5.92 Å². The monoisotopic (exact) mass is 385 g/mol. The maximum absolute atomic E-state index is 9.11. The Morgan fingerprint density at radius 2 is 1.86 bits per heavy atom. The van der Waals surface area contributed by atoms with E-state index in [2.05, 4.69) is 45.1 Å². The van der Waals surface area contributed by atoms with Crippen LogP contribution in [0.5, 0.6) is 5.75 Å². The molecular formula is C23H35N3O2. The third-order valence-corrected chi connectivity index (χ3v) is 6.37. The Hall–Kier alpha value is -1.40. The van der Waals surface area contributed by atoms with Gasteiger partial charge in [0.15, 0.2) is 0 Å². The summed E-state index contributed by atoms with van der Waals surface area (Å²) < 4.78 is 6.05. The van der Waals surface area contributed by atoms with E-state index in [1.807, 2.05) is 0 Å². The molecule has 1 aromatic carbocycles. The van der Waals surface area contributed by atoms with Crippen molar-refractivity contribution in [3.05, 3.63) is 41.5 Å². The first-order valence-corrected chi connectivity index (χ1v) is 11.0. The molecular weight excluding hydrogens is 350 g/mol. The van der Waals surface area contributed by atoms with E-state index in [1.54, 1.807) is 0 Å². The fourth-order valence-electron chi connectivity index (χ4n) is 4.71. The standard InChI is InChI=1S/C23H35N3O2/c27-14-12-24-8-10-25(11-9-24)18-21-6-7-23-22(16-21)19-26(13-15-28-23)17-20-4-2-1-3-5-20/h1-2,6-7,16,20,27H,3-5,8-15,17-19H2. The molecule has 0 saturated carbocycles. The predicted octanol–water partition coefficient (Wildman–Crippen LogP) is 2.35. The second-order valence-corrected chi connectivity index (χ2v) is 8.52. The number of hydrogen-bond donors (Lipinski definition) is 1. The Morgan fingerprint density at radius 1 is 1.00 bits per heavy atom. The summed E-state index contributed by atoms with van der Waals surface area (Å²) in [5.74, 6) is 1.87. The largest absolute Gasteiger partial charge is 0.492 e. The summed E-state index contributed by atoms with van der Waals surface area (Å²) in [7, 11) is 0. The number of nitrogens with zero attached hydrogens (tertiary/aromatic N) is 3. The molecule has 1 aromatic rings. The van der Waals surface area contributed by atoms with E-state index in [-0.39, 0.29) is 6.61 Å². The maximum Gasteiger partial charge on any atom is 0.123 e. The van der Waals surface area contributed by atoms with Gasteiger partial charge >= 0.3 is 0 Å². The van der Waals surface area contributed by atoms with Gasteiger partial charge in [-0.1, -0.05) is 18.2 Å². The van der Waals surface area contributed by atoms with Gasteiger partial charge in [-0.25, -0.2) is 0 Å². The van der Waals surface area contributed by atoms with Gasteiger partial charge in [0.05, 0.1) is 6.61 Å². The van der Waals surface area contributed by atoms with Crippen LogP contribution in [0.4, 0.5) is 0 Å². The molecule has 4 rings (SSSR count). The first-order chi connectivity index (χ1) is 13.8. The Bertz CT molecular complexity index is 655. The maximum atomic E-state index is 9.11. The van der Waals surface area contributed by atoms with E-state index >= 15 is 0 Å². The van der Waals surface area contributed by atoms with Crippen molar-refractivity contribution >= 4 is 0 Å². The minimum absolute atomic E-state index is 0.262. The van der Waals surface area contributed by atoms with Crippen molar-refractivity contribution in [2.75, 3.05) is 59.0 Å². The number of hydrogen-bond acceptors (Lipinski definition) is 5. The van der Waals surface area contributed by atoms with Crippen LogP contribution in [0.15, 0.2) is 30.4 Å². The average Bonchev–Trinajstić information content (AvgIpc) is 2.92. The van der Waals surface area contributed by atoms with Crippen LogP contribution in [0.25, 0.3) is 0 Å². The number of aliphatic hydroxyl groups excluding tert-OH is 1. The molecule has 154 valence electrons. The van der Waals surface area contributed by atoms with E-state index in [1.165, 1.54) is 36.9 Å². The first-order valence-electron chi connectivity index (χ1n) is 11.0. The minimum atomic E-state index is 0.262. The lowest BCUT2D eigenvalue weighted by atomic mass is 9.94. The first kappa shape index (κ1) is 19.9. The summed E-state index contributed by atoms with van der Waals surface area (Å²) >= 11 is 0. The molecule has 1 N–H and O–H groups in total. The fourth-order valence-corrected chi connectivity index (χ4v) is 4.71. The van der Waals surface area contributed by atoms with Crippen molar-refractivity contribution < 1.29 is 9.84 Å². The Kier molecular flexibility index (Phi) is 7.02. The molecule has 28 heavy (non-hydrogen) atoms. The van der Waals surface area contributed by atoms with Gasteiger partial charge in [-0.2, -0.15) is 0 Å². The summed E-state index contributed by atoms with van der Waals surface area (Å²) in [5.41, 5.74) is 2.74.